The van der Waals surface area contributed by atoms with Crippen molar-refractivity contribution < 1.29 is 4.42 Å². The molecule has 1 aliphatic heterocycles. The first-order valence-corrected chi connectivity index (χ1v) is 9.45. The second-order valence-electron chi connectivity index (χ2n) is 7.28. The van der Waals surface area contributed by atoms with Crippen molar-refractivity contribution >= 4 is 11.0 Å². The maximum Gasteiger partial charge on any atom is 0.345 e. The van der Waals surface area contributed by atoms with Crippen molar-refractivity contribution in [2.75, 3.05) is 13.1 Å². The van der Waals surface area contributed by atoms with Gasteiger partial charge >= 0.3 is 5.69 Å². The smallest absolute Gasteiger partial charge is 0.345 e. The van der Waals surface area contributed by atoms with Crippen molar-refractivity contribution in [2.45, 2.75) is 39.3 Å². The number of aromatic nitrogens is 3. The molecule has 3 aromatic rings. The minimum Gasteiger partial charge on any atom is -0.464 e. The molecule has 0 unspecified atom stereocenters. The van der Waals surface area contributed by atoms with Gasteiger partial charge in [-0.15, -0.1) is 0 Å². The van der Waals surface area contributed by atoms with E-state index >= 15 is 0 Å². The summed E-state index contributed by atoms with van der Waals surface area (Å²) in [5, 5.41) is 5.60. The molecular weight excluding hydrogens is 328 g/mol. The minimum atomic E-state index is -0.00502. The van der Waals surface area contributed by atoms with Crippen LogP contribution in [0.4, 0.5) is 0 Å². The van der Waals surface area contributed by atoms with Crippen LogP contribution in [0.5, 0.6) is 0 Å². The number of likely N-dealkylation sites (tertiary alicyclic amines) is 1. The summed E-state index contributed by atoms with van der Waals surface area (Å²) in [5.74, 6) is 1.54. The normalized spacial score (nSPS) is 16.5. The van der Waals surface area contributed by atoms with Gasteiger partial charge in [0.05, 0.1) is 6.26 Å². The van der Waals surface area contributed by atoms with E-state index in [1.54, 1.807) is 17.9 Å². The number of furan rings is 1. The first-order chi connectivity index (χ1) is 12.6. The van der Waals surface area contributed by atoms with E-state index < -0.39 is 0 Å². The molecule has 0 spiro atoms. The fraction of sp³-hybridized carbons (Fsp3) is 0.500. The highest BCUT2D eigenvalue weighted by molar-refractivity contribution is 5.77. The maximum atomic E-state index is 12.0. The molecular formula is C20H26N4O2. The van der Waals surface area contributed by atoms with Gasteiger partial charge in [-0.2, -0.15) is 5.10 Å². The number of aryl methyl sites for hydroxylation is 1. The van der Waals surface area contributed by atoms with Crippen LogP contribution in [-0.2, 0) is 26.6 Å². The van der Waals surface area contributed by atoms with Crippen LogP contribution < -0.4 is 5.69 Å². The summed E-state index contributed by atoms with van der Waals surface area (Å²) in [6.07, 6.45) is 4.96. The predicted molar refractivity (Wildman–Crippen MR) is 101 cm³/mol. The Kier molecular flexibility index (Phi) is 4.68. The molecule has 4 rings (SSSR count). The molecule has 3 heterocycles. The number of nitrogens with zero attached hydrogens (tertiary/aromatic N) is 4. The highest BCUT2D eigenvalue weighted by atomic mass is 16.3. The molecule has 0 atom stereocenters. The van der Waals surface area contributed by atoms with Crippen molar-refractivity contribution in [3.8, 4) is 0 Å². The van der Waals surface area contributed by atoms with Crippen LogP contribution in [0.1, 0.15) is 31.2 Å². The van der Waals surface area contributed by atoms with Gasteiger partial charge in [-0.05, 0) is 62.5 Å². The molecule has 1 aliphatic rings. The third-order valence-electron chi connectivity index (χ3n) is 5.50. The SMILES string of the molecule is CCn1c(CC2CCN(Cc3ccc4occc4c3)CC2)nn(C)c1=O. The van der Waals surface area contributed by atoms with Gasteiger partial charge < -0.3 is 4.42 Å². The lowest BCUT2D eigenvalue weighted by molar-refractivity contribution is 0.175. The van der Waals surface area contributed by atoms with Gasteiger partial charge in [0, 0.05) is 31.9 Å². The van der Waals surface area contributed by atoms with E-state index in [2.05, 4.69) is 28.2 Å². The highest BCUT2D eigenvalue weighted by Gasteiger charge is 2.22. The number of piperidine rings is 1. The van der Waals surface area contributed by atoms with E-state index in [9.17, 15) is 4.79 Å². The number of hydrogen-bond acceptors (Lipinski definition) is 4. The summed E-state index contributed by atoms with van der Waals surface area (Å²) in [6.45, 7) is 5.87. The third-order valence-corrected chi connectivity index (χ3v) is 5.50. The number of rotatable bonds is 5. The Bertz CT molecular complexity index is 944. The molecule has 6 nitrogen and oxygen atoms in total. The first-order valence-electron chi connectivity index (χ1n) is 9.45. The van der Waals surface area contributed by atoms with Crippen molar-refractivity contribution in [2.24, 2.45) is 13.0 Å². The molecule has 2 aromatic heterocycles. The van der Waals surface area contributed by atoms with Gasteiger partial charge in [0.25, 0.3) is 0 Å². The molecule has 0 radical (unpaired) electrons. The van der Waals surface area contributed by atoms with E-state index in [1.807, 2.05) is 13.0 Å². The van der Waals surface area contributed by atoms with E-state index in [0.717, 1.165) is 50.3 Å². The summed E-state index contributed by atoms with van der Waals surface area (Å²) in [4.78, 5) is 14.6. The quantitative estimate of drug-likeness (QED) is 0.707. The zero-order valence-electron chi connectivity index (χ0n) is 15.5. The molecule has 0 N–H and O–H groups in total. The average molecular weight is 354 g/mol. The molecule has 0 aliphatic carbocycles. The zero-order chi connectivity index (χ0) is 18.1. The standard InChI is InChI=1S/C20H26N4O2/c1-3-24-19(21-22(2)20(24)25)13-15-6-9-23(10-7-15)14-16-4-5-18-17(12-16)8-11-26-18/h4-5,8,11-12,15H,3,6-7,9-10,13-14H2,1-2H3. The molecule has 1 aromatic carbocycles. The molecule has 6 heteroatoms. The van der Waals surface area contributed by atoms with Crippen molar-refractivity contribution in [1.82, 2.24) is 19.2 Å². The van der Waals surface area contributed by atoms with E-state index in [1.165, 1.54) is 15.6 Å². The van der Waals surface area contributed by atoms with Crippen LogP contribution >= 0.6 is 0 Å². The van der Waals surface area contributed by atoms with Crippen LogP contribution in [0.25, 0.3) is 11.0 Å². The third kappa shape index (κ3) is 3.33. The summed E-state index contributed by atoms with van der Waals surface area (Å²) < 4.78 is 8.67. The van der Waals surface area contributed by atoms with Gasteiger partial charge in [0.2, 0.25) is 0 Å². The van der Waals surface area contributed by atoms with E-state index in [-0.39, 0.29) is 5.69 Å². The van der Waals surface area contributed by atoms with Crippen LogP contribution in [-0.4, -0.2) is 32.3 Å². The second kappa shape index (κ2) is 7.11. The lowest BCUT2D eigenvalue weighted by Gasteiger charge is -2.31. The lowest BCUT2D eigenvalue weighted by Crippen LogP contribution is -2.34. The molecule has 1 saturated heterocycles. The fourth-order valence-electron chi connectivity index (χ4n) is 4.00. The monoisotopic (exact) mass is 354 g/mol. The Morgan fingerprint density at radius 3 is 2.81 bits per heavy atom. The van der Waals surface area contributed by atoms with Crippen molar-refractivity contribution in [1.29, 1.82) is 0 Å². The first kappa shape index (κ1) is 17.1. The Balaban J connectivity index is 1.35. The maximum absolute atomic E-state index is 12.0. The lowest BCUT2D eigenvalue weighted by atomic mass is 9.93. The Hall–Kier alpha value is -2.34. The van der Waals surface area contributed by atoms with Gasteiger partial charge in [-0.3, -0.25) is 9.47 Å². The summed E-state index contributed by atoms with van der Waals surface area (Å²) in [5.41, 5.74) is 2.28. The van der Waals surface area contributed by atoms with Gasteiger partial charge in [-0.1, -0.05) is 6.07 Å². The number of fused-ring (bicyclic) bond motifs is 1. The number of hydrogen-bond donors (Lipinski definition) is 0. The Labute approximate surface area is 153 Å². The number of benzene rings is 1. The summed E-state index contributed by atoms with van der Waals surface area (Å²) >= 11 is 0. The second-order valence-corrected chi connectivity index (χ2v) is 7.28. The predicted octanol–water partition coefficient (Wildman–Crippen LogP) is 2.80. The molecule has 26 heavy (non-hydrogen) atoms. The summed E-state index contributed by atoms with van der Waals surface area (Å²) in [6, 6.07) is 8.46. The summed E-state index contributed by atoms with van der Waals surface area (Å²) in [7, 11) is 1.73. The van der Waals surface area contributed by atoms with Gasteiger partial charge in [0.15, 0.2) is 0 Å². The molecule has 138 valence electrons. The average Bonchev–Trinajstić information content (AvgIpc) is 3.21. The zero-order valence-corrected chi connectivity index (χ0v) is 15.5. The Morgan fingerprint density at radius 1 is 1.23 bits per heavy atom. The van der Waals surface area contributed by atoms with Crippen LogP contribution in [0.2, 0.25) is 0 Å². The Morgan fingerprint density at radius 2 is 2.04 bits per heavy atom. The highest BCUT2D eigenvalue weighted by Crippen LogP contribution is 2.23. The molecule has 1 fully saturated rings. The van der Waals surface area contributed by atoms with Crippen molar-refractivity contribution in [3.63, 3.8) is 0 Å². The fourth-order valence-corrected chi connectivity index (χ4v) is 4.00. The van der Waals surface area contributed by atoms with Crippen LogP contribution in [0.15, 0.2) is 39.7 Å². The van der Waals surface area contributed by atoms with E-state index in [4.69, 9.17) is 4.42 Å². The van der Waals surface area contributed by atoms with Gasteiger partial charge in [0.1, 0.15) is 11.4 Å². The van der Waals surface area contributed by atoms with Gasteiger partial charge in [-0.25, -0.2) is 9.48 Å². The van der Waals surface area contributed by atoms with E-state index in [0.29, 0.717) is 12.5 Å². The van der Waals surface area contributed by atoms with Crippen LogP contribution in [0, 0.1) is 5.92 Å². The molecule has 0 saturated carbocycles. The largest absolute Gasteiger partial charge is 0.464 e. The van der Waals surface area contributed by atoms with Crippen molar-refractivity contribution in [3.05, 3.63) is 52.4 Å². The molecule has 0 bridgehead atoms. The van der Waals surface area contributed by atoms with Crippen LogP contribution in [0.3, 0.4) is 0 Å². The minimum absolute atomic E-state index is 0.00502. The topological polar surface area (TPSA) is 56.2 Å². The molecule has 0 amide bonds.